The Labute approximate surface area is 362 Å². The number of likely N-dealkylation sites (N-methyl/N-ethyl adjacent to an activating group) is 1. The molecule has 8 nitrogen and oxygen atoms in total. The summed E-state index contributed by atoms with van der Waals surface area (Å²) in [5.74, 6) is -1.49. The molecule has 0 aromatic heterocycles. The van der Waals surface area contributed by atoms with E-state index in [4.69, 9.17) is 14.2 Å². The molecule has 1 N–H and O–H groups in total. The van der Waals surface area contributed by atoms with Crippen LogP contribution < -0.4 is 0 Å². The van der Waals surface area contributed by atoms with E-state index in [0.717, 1.165) is 83.5 Å². The van der Waals surface area contributed by atoms with Crippen LogP contribution in [0.3, 0.4) is 0 Å². The first-order chi connectivity index (χ1) is 28.6. The number of allylic oxidation sites excluding steroid dienone is 10. The molecule has 0 saturated carbocycles. The van der Waals surface area contributed by atoms with Gasteiger partial charge < -0.3 is 23.8 Å². The van der Waals surface area contributed by atoms with Crippen LogP contribution >= 0.6 is 0 Å². The fraction of sp³-hybridized carbons (Fsp3) is 0.745. The topological polar surface area (TPSA) is 99.1 Å². The zero-order valence-corrected chi connectivity index (χ0v) is 38.7. The molecule has 0 aliphatic rings. The summed E-state index contributed by atoms with van der Waals surface area (Å²) < 4.78 is 17.3. The van der Waals surface area contributed by atoms with Gasteiger partial charge >= 0.3 is 17.9 Å². The smallest absolute Gasteiger partial charge is 0.362 e. The number of ether oxygens (including phenoxy) is 3. The molecule has 0 aliphatic carbocycles. The fourth-order valence-electron chi connectivity index (χ4n) is 6.72. The lowest BCUT2D eigenvalue weighted by atomic mass is 10.1. The number of carbonyl (C=O) groups excluding carboxylic acids is 2. The number of unbranched alkanes of at least 4 members (excludes halogenated alkanes) is 18. The Hall–Kier alpha value is -2.97. The lowest BCUT2D eigenvalue weighted by Crippen LogP contribution is -2.50. The molecular formula is C51H90NO7+. The third kappa shape index (κ3) is 40.2. The second kappa shape index (κ2) is 41.8. The van der Waals surface area contributed by atoms with Crippen LogP contribution in [-0.4, -0.2) is 80.6 Å². The van der Waals surface area contributed by atoms with E-state index < -0.39 is 18.1 Å². The second-order valence-electron chi connectivity index (χ2n) is 17.0. The Balaban J connectivity index is 4.31. The van der Waals surface area contributed by atoms with Gasteiger partial charge in [0.05, 0.1) is 34.4 Å². The highest BCUT2D eigenvalue weighted by molar-refractivity contribution is 5.72. The molecule has 0 aromatic rings. The summed E-state index contributed by atoms with van der Waals surface area (Å²) in [7, 11) is 5.52. The summed E-state index contributed by atoms with van der Waals surface area (Å²) in [6.45, 7) is 4.60. The highest BCUT2D eigenvalue weighted by Crippen LogP contribution is 2.14. The van der Waals surface area contributed by atoms with E-state index in [1.807, 2.05) is 21.1 Å². The SMILES string of the molecule is CC/C=C\C/C=C\C/C=C\C/C=C\CCCCCCCCCCC(=O)OC(COCCC(C(=O)O)[N+](C)(C)C)COC(=O)CCCCCCC/C=C\CCCCCCC. The normalized spacial score (nSPS) is 13.4. The standard InChI is InChI=1S/C51H89NO7/c1-6-8-10-12-14-16-18-20-22-23-24-25-26-27-28-30-32-34-36-38-40-42-50(54)59-47(45-57-44-43-48(51(55)56)52(3,4)5)46-58-49(53)41-39-37-35-33-31-29-21-19-17-15-13-11-9-7-2/h8,10,14,16,19-22,24-25,47-48H,6-7,9,11-13,15,17-18,23,26-46H2,1-5H3/p+1/b10-8-,16-14-,21-19-,22-20-,25-24-. The maximum Gasteiger partial charge on any atom is 0.362 e. The number of nitrogens with zero attached hydrogens (tertiary/aromatic N) is 1. The van der Waals surface area contributed by atoms with Crippen molar-refractivity contribution >= 4 is 17.9 Å². The van der Waals surface area contributed by atoms with Crippen molar-refractivity contribution in [3.8, 4) is 0 Å². The van der Waals surface area contributed by atoms with Crippen molar-refractivity contribution < 1.29 is 38.2 Å². The number of hydrogen-bond acceptors (Lipinski definition) is 6. The summed E-state index contributed by atoms with van der Waals surface area (Å²) in [6.07, 6.45) is 51.2. The Morgan fingerprint density at radius 2 is 0.949 bits per heavy atom. The van der Waals surface area contributed by atoms with Gasteiger partial charge in [0.1, 0.15) is 6.61 Å². The molecule has 2 atom stereocenters. The Kier molecular flexibility index (Phi) is 39.6. The molecule has 0 rings (SSSR count). The minimum Gasteiger partial charge on any atom is -0.477 e. The Morgan fingerprint density at radius 1 is 0.525 bits per heavy atom. The van der Waals surface area contributed by atoms with E-state index in [1.54, 1.807) is 0 Å². The van der Waals surface area contributed by atoms with Crippen LogP contribution in [0, 0.1) is 0 Å². The molecule has 0 saturated heterocycles. The van der Waals surface area contributed by atoms with Crippen LogP contribution in [0.15, 0.2) is 60.8 Å². The van der Waals surface area contributed by atoms with Crippen molar-refractivity contribution in [2.75, 3.05) is 41.0 Å². The number of carboxylic acid groups (broad SMARTS) is 1. The van der Waals surface area contributed by atoms with Crippen LogP contribution in [0.2, 0.25) is 0 Å². The lowest BCUT2D eigenvalue weighted by molar-refractivity contribution is -0.887. The van der Waals surface area contributed by atoms with E-state index in [0.29, 0.717) is 19.3 Å². The van der Waals surface area contributed by atoms with E-state index >= 15 is 0 Å². The maximum atomic E-state index is 12.8. The molecule has 340 valence electrons. The van der Waals surface area contributed by atoms with Crippen molar-refractivity contribution in [3.05, 3.63) is 60.8 Å². The summed E-state index contributed by atoms with van der Waals surface area (Å²) >= 11 is 0. The molecular weight excluding hydrogens is 739 g/mol. The van der Waals surface area contributed by atoms with Gasteiger partial charge in [0.25, 0.3) is 0 Å². The van der Waals surface area contributed by atoms with Crippen molar-refractivity contribution in [2.24, 2.45) is 0 Å². The molecule has 0 aliphatic heterocycles. The first kappa shape index (κ1) is 56.0. The van der Waals surface area contributed by atoms with Gasteiger partial charge in [-0.1, -0.05) is 158 Å². The molecule has 8 heteroatoms. The van der Waals surface area contributed by atoms with E-state index in [2.05, 4.69) is 74.6 Å². The molecule has 0 spiro atoms. The molecule has 0 amide bonds. The van der Waals surface area contributed by atoms with Crippen LogP contribution in [0.4, 0.5) is 0 Å². The number of aliphatic carboxylic acids is 1. The summed E-state index contributed by atoms with van der Waals surface area (Å²) in [6, 6.07) is -0.619. The summed E-state index contributed by atoms with van der Waals surface area (Å²) in [5.41, 5.74) is 0. The van der Waals surface area contributed by atoms with Crippen LogP contribution in [0.25, 0.3) is 0 Å². The van der Waals surface area contributed by atoms with Gasteiger partial charge in [-0.2, -0.15) is 0 Å². The number of hydrogen-bond donors (Lipinski definition) is 1. The summed E-state index contributed by atoms with van der Waals surface area (Å²) in [4.78, 5) is 37.1. The van der Waals surface area contributed by atoms with Gasteiger partial charge in [-0.3, -0.25) is 9.59 Å². The molecule has 0 bridgehead atoms. The van der Waals surface area contributed by atoms with E-state index in [9.17, 15) is 19.5 Å². The molecule has 0 heterocycles. The zero-order chi connectivity index (χ0) is 43.5. The van der Waals surface area contributed by atoms with Gasteiger partial charge in [-0.05, 0) is 77.0 Å². The molecule has 0 radical (unpaired) electrons. The molecule has 2 unspecified atom stereocenters. The molecule has 0 aromatic carbocycles. The van der Waals surface area contributed by atoms with E-state index in [-0.39, 0.29) is 36.2 Å². The van der Waals surface area contributed by atoms with Crippen molar-refractivity contribution in [2.45, 2.75) is 206 Å². The third-order valence-electron chi connectivity index (χ3n) is 10.4. The van der Waals surface area contributed by atoms with Gasteiger partial charge in [0, 0.05) is 19.3 Å². The Morgan fingerprint density at radius 3 is 1.42 bits per heavy atom. The Bertz CT molecular complexity index is 1150. The van der Waals surface area contributed by atoms with Gasteiger partial charge in [0.15, 0.2) is 12.1 Å². The first-order valence-corrected chi connectivity index (χ1v) is 23.8. The van der Waals surface area contributed by atoms with Gasteiger partial charge in [-0.25, -0.2) is 4.79 Å². The fourth-order valence-corrected chi connectivity index (χ4v) is 6.72. The number of carbonyl (C=O) groups is 3. The quantitative estimate of drug-likeness (QED) is 0.0283. The van der Waals surface area contributed by atoms with Crippen molar-refractivity contribution in [1.82, 2.24) is 0 Å². The number of carboxylic acids is 1. The number of esters is 2. The first-order valence-electron chi connectivity index (χ1n) is 23.8. The minimum absolute atomic E-state index is 0.0537. The number of quaternary nitrogens is 1. The van der Waals surface area contributed by atoms with Crippen molar-refractivity contribution in [3.63, 3.8) is 0 Å². The highest BCUT2D eigenvalue weighted by atomic mass is 16.6. The van der Waals surface area contributed by atoms with Gasteiger partial charge in [0.2, 0.25) is 0 Å². The zero-order valence-electron chi connectivity index (χ0n) is 38.7. The van der Waals surface area contributed by atoms with Gasteiger partial charge in [-0.15, -0.1) is 0 Å². The lowest BCUT2D eigenvalue weighted by Gasteiger charge is -2.31. The monoisotopic (exact) mass is 829 g/mol. The predicted molar refractivity (Wildman–Crippen MR) is 247 cm³/mol. The highest BCUT2D eigenvalue weighted by Gasteiger charge is 2.31. The molecule has 59 heavy (non-hydrogen) atoms. The summed E-state index contributed by atoms with van der Waals surface area (Å²) in [5, 5.41) is 9.63. The largest absolute Gasteiger partial charge is 0.477 e. The second-order valence-corrected chi connectivity index (χ2v) is 17.0. The van der Waals surface area contributed by atoms with Crippen LogP contribution in [0.5, 0.6) is 0 Å². The van der Waals surface area contributed by atoms with Crippen molar-refractivity contribution in [1.29, 1.82) is 0 Å². The van der Waals surface area contributed by atoms with Crippen LogP contribution in [-0.2, 0) is 28.6 Å². The molecule has 0 fully saturated rings. The maximum absolute atomic E-state index is 12.8. The van der Waals surface area contributed by atoms with E-state index in [1.165, 1.54) is 77.0 Å². The number of rotatable bonds is 42. The average molecular weight is 829 g/mol. The average Bonchev–Trinajstić information content (AvgIpc) is 3.19. The van der Waals surface area contributed by atoms with Crippen LogP contribution in [0.1, 0.15) is 194 Å². The predicted octanol–water partition coefficient (Wildman–Crippen LogP) is 13.4. The third-order valence-corrected chi connectivity index (χ3v) is 10.4. The minimum atomic E-state index is -0.879.